The van der Waals surface area contributed by atoms with Crippen LogP contribution in [0.2, 0.25) is 0 Å². The summed E-state index contributed by atoms with van der Waals surface area (Å²) in [6, 6.07) is 15.2. The summed E-state index contributed by atoms with van der Waals surface area (Å²) in [5, 5.41) is 0. The molecular formula is C18H22N2O2S. The van der Waals surface area contributed by atoms with Gasteiger partial charge in [-0.1, -0.05) is 36.4 Å². The van der Waals surface area contributed by atoms with Gasteiger partial charge in [-0.05, 0) is 55.9 Å². The minimum Gasteiger partial charge on any atom is -0.398 e. The molecule has 0 aromatic heterocycles. The van der Waals surface area contributed by atoms with Crippen molar-refractivity contribution in [1.29, 1.82) is 0 Å². The van der Waals surface area contributed by atoms with Gasteiger partial charge >= 0.3 is 0 Å². The van der Waals surface area contributed by atoms with E-state index >= 15 is 0 Å². The maximum atomic E-state index is 12.4. The first-order valence-electron chi connectivity index (χ1n) is 7.84. The zero-order valence-corrected chi connectivity index (χ0v) is 14.1. The molecule has 4 nitrogen and oxygen atoms in total. The molecule has 122 valence electrons. The molecule has 23 heavy (non-hydrogen) atoms. The highest BCUT2D eigenvalue weighted by atomic mass is 32.2. The number of hydrogen-bond acceptors (Lipinski definition) is 3. The number of nitrogen functional groups attached to an aromatic ring is 1. The molecule has 1 aliphatic rings. The van der Waals surface area contributed by atoms with Crippen molar-refractivity contribution < 1.29 is 8.42 Å². The highest BCUT2D eigenvalue weighted by Crippen LogP contribution is 2.36. The first-order valence-corrected chi connectivity index (χ1v) is 9.33. The molecular weight excluding hydrogens is 308 g/mol. The van der Waals surface area contributed by atoms with Crippen LogP contribution in [-0.2, 0) is 22.9 Å². The molecule has 3 N–H and O–H groups in total. The van der Waals surface area contributed by atoms with Crippen LogP contribution < -0.4 is 10.5 Å². The smallest absolute Gasteiger partial charge is 0.241 e. The Hall–Kier alpha value is -1.85. The van der Waals surface area contributed by atoms with Crippen LogP contribution in [0.15, 0.2) is 53.4 Å². The molecule has 0 aliphatic heterocycles. The van der Waals surface area contributed by atoms with E-state index in [4.69, 9.17) is 5.73 Å². The van der Waals surface area contributed by atoms with E-state index in [1.54, 1.807) is 12.1 Å². The molecule has 2 aromatic carbocycles. The number of anilines is 1. The largest absolute Gasteiger partial charge is 0.398 e. The summed E-state index contributed by atoms with van der Waals surface area (Å²) in [6.07, 6.45) is 3.45. The van der Waals surface area contributed by atoms with Crippen molar-refractivity contribution in [3.63, 3.8) is 0 Å². The van der Waals surface area contributed by atoms with Gasteiger partial charge in [-0.2, -0.15) is 0 Å². The zero-order chi connectivity index (χ0) is 16.5. The Morgan fingerprint density at radius 1 is 1.09 bits per heavy atom. The predicted octanol–water partition coefficient (Wildman–Crippen LogP) is 2.88. The van der Waals surface area contributed by atoms with Gasteiger partial charge in [0.2, 0.25) is 10.0 Å². The fourth-order valence-electron chi connectivity index (χ4n) is 2.56. The maximum absolute atomic E-state index is 12.4. The number of sulfonamides is 1. The third kappa shape index (κ3) is 3.92. The van der Waals surface area contributed by atoms with E-state index in [1.807, 2.05) is 31.2 Å². The molecule has 0 saturated heterocycles. The summed E-state index contributed by atoms with van der Waals surface area (Å²) in [5.74, 6) is 0. The third-order valence-corrected chi connectivity index (χ3v) is 5.97. The molecule has 0 atom stereocenters. The van der Waals surface area contributed by atoms with Crippen LogP contribution in [0.5, 0.6) is 0 Å². The van der Waals surface area contributed by atoms with Crippen LogP contribution in [0.3, 0.4) is 0 Å². The van der Waals surface area contributed by atoms with Crippen molar-refractivity contribution in [1.82, 2.24) is 4.72 Å². The molecule has 2 aromatic rings. The van der Waals surface area contributed by atoms with Crippen molar-refractivity contribution in [2.45, 2.75) is 43.0 Å². The Kier molecular flexibility index (Phi) is 4.17. The van der Waals surface area contributed by atoms with Gasteiger partial charge in [0.15, 0.2) is 0 Å². The topological polar surface area (TPSA) is 72.2 Å². The Morgan fingerprint density at radius 3 is 2.39 bits per heavy atom. The second-order valence-electron chi connectivity index (χ2n) is 6.51. The number of aryl methyl sites for hydroxylation is 2. The van der Waals surface area contributed by atoms with E-state index in [2.05, 4.69) is 16.9 Å². The number of nitrogens with two attached hydrogens (primary N) is 1. The lowest BCUT2D eigenvalue weighted by Gasteiger charge is -2.14. The van der Waals surface area contributed by atoms with E-state index in [0.29, 0.717) is 5.69 Å². The lowest BCUT2D eigenvalue weighted by atomic mass is 10.0. The van der Waals surface area contributed by atoms with E-state index in [-0.39, 0.29) is 10.4 Å². The summed E-state index contributed by atoms with van der Waals surface area (Å²) in [7, 11) is -3.49. The molecule has 3 rings (SSSR count). The number of hydrogen-bond donors (Lipinski definition) is 2. The Bertz CT molecular complexity index is 797. The minimum absolute atomic E-state index is 0.242. The molecule has 1 saturated carbocycles. The monoisotopic (exact) mass is 330 g/mol. The van der Waals surface area contributed by atoms with E-state index in [9.17, 15) is 8.42 Å². The summed E-state index contributed by atoms with van der Waals surface area (Å²) >= 11 is 0. The van der Waals surface area contributed by atoms with Gasteiger partial charge in [0, 0.05) is 11.2 Å². The number of nitrogens with one attached hydrogen (secondary N) is 1. The third-order valence-electron chi connectivity index (χ3n) is 4.33. The van der Waals surface area contributed by atoms with Crippen LogP contribution in [-0.4, -0.2) is 14.0 Å². The first-order chi connectivity index (χ1) is 10.9. The molecule has 1 aliphatic carbocycles. The van der Waals surface area contributed by atoms with Gasteiger partial charge in [-0.3, -0.25) is 0 Å². The molecule has 0 bridgehead atoms. The number of rotatable bonds is 6. The van der Waals surface area contributed by atoms with Crippen molar-refractivity contribution in [3.05, 3.63) is 59.7 Å². The molecule has 0 amide bonds. The fourth-order valence-corrected chi connectivity index (χ4v) is 4.06. The fraction of sp³-hybridized carbons (Fsp3) is 0.333. The van der Waals surface area contributed by atoms with Crippen molar-refractivity contribution in [2.24, 2.45) is 0 Å². The van der Waals surface area contributed by atoms with Crippen LogP contribution in [0.1, 0.15) is 30.9 Å². The normalized spacial score (nSPS) is 16.2. The lowest BCUT2D eigenvalue weighted by molar-refractivity contribution is 0.558. The second kappa shape index (κ2) is 5.98. The van der Waals surface area contributed by atoms with Crippen LogP contribution >= 0.6 is 0 Å². The first kappa shape index (κ1) is 16.0. The highest BCUT2D eigenvalue weighted by Gasteiger charge is 2.41. The molecule has 5 heteroatoms. The molecule has 0 unspecified atom stereocenters. The SMILES string of the molecule is CC1(NS(=O)(=O)c2ccc(CCc3ccccc3)c(N)c2)CC1. The zero-order valence-electron chi connectivity index (χ0n) is 13.2. The van der Waals surface area contributed by atoms with Gasteiger partial charge in [-0.15, -0.1) is 0 Å². The van der Waals surface area contributed by atoms with Gasteiger partial charge < -0.3 is 5.73 Å². The van der Waals surface area contributed by atoms with Crippen molar-refractivity contribution in [3.8, 4) is 0 Å². The van der Waals surface area contributed by atoms with Gasteiger partial charge in [0.05, 0.1) is 4.90 Å². The van der Waals surface area contributed by atoms with Crippen molar-refractivity contribution in [2.75, 3.05) is 5.73 Å². The van der Waals surface area contributed by atoms with Gasteiger partial charge in [0.1, 0.15) is 0 Å². The molecule has 0 radical (unpaired) electrons. The molecule has 0 spiro atoms. The maximum Gasteiger partial charge on any atom is 0.241 e. The molecule has 1 fully saturated rings. The summed E-state index contributed by atoms with van der Waals surface area (Å²) in [6.45, 7) is 1.92. The molecule has 0 heterocycles. The number of benzene rings is 2. The Labute approximate surface area is 137 Å². The predicted molar refractivity (Wildman–Crippen MR) is 92.7 cm³/mol. The van der Waals surface area contributed by atoms with E-state index < -0.39 is 10.0 Å². The average Bonchev–Trinajstić information content (AvgIpc) is 3.23. The van der Waals surface area contributed by atoms with Gasteiger partial charge in [0.25, 0.3) is 0 Å². The Morgan fingerprint density at radius 2 is 1.78 bits per heavy atom. The van der Waals surface area contributed by atoms with Gasteiger partial charge in [-0.25, -0.2) is 13.1 Å². The summed E-state index contributed by atoms with van der Waals surface area (Å²) < 4.78 is 27.5. The lowest BCUT2D eigenvalue weighted by Crippen LogP contribution is -2.34. The minimum atomic E-state index is -3.49. The average molecular weight is 330 g/mol. The second-order valence-corrected chi connectivity index (χ2v) is 8.19. The summed E-state index contributed by atoms with van der Waals surface area (Å²) in [5.41, 5.74) is 8.54. The van der Waals surface area contributed by atoms with Crippen LogP contribution in [0.25, 0.3) is 0 Å². The Balaban J connectivity index is 1.73. The standard InChI is InChI=1S/C18H22N2O2S/c1-18(11-12-18)20-23(21,22)16-10-9-15(17(19)13-16)8-7-14-5-3-2-4-6-14/h2-6,9-10,13,20H,7-8,11-12,19H2,1H3. The quantitative estimate of drug-likeness (QED) is 0.800. The van der Waals surface area contributed by atoms with E-state index in [1.165, 1.54) is 5.56 Å². The highest BCUT2D eigenvalue weighted by molar-refractivity contribution is 7.89. The van der Waals surface area contributed by atoms with E-state index in [0.717, 1.165) is 31.2 Å². The van der Waals surface area contributed by atoms with Crippen LogP contribution in [0.4, 0.5) is 5.69 Å². The van der Waals surface area contributed by atoms with Crippen LogP contribution in [0, 0.1) is 0 Å². The summed E-state index contributed by atoms with van der Waals surface area (Å²) in [4.78, 5) is 0.242. The van der Waals surface area contributed by atoms with Crippen molar-refractivity contribution >= 4 is 15.7 Å².